The van der Waals surface area contributed by atoms with Crippen LogP contribution in [0.2, 0.25) is 0 Å². The second-order valence-corrected chi connectivity index (χ2v) is 7.91. The molecule has 0 bridgehead atoms. The number of aryl methyl sites for hydroxylation is 1. The third-order valence-electron chi connectivity index (χ3n) is 6.01. The van der Waals surface area contributed by atoms with E-state index in [-0.39, 0.29) is 11.9 Å². The number of aromatic nitrogens is 1. The summed E-state index contributed by atoms with van der Waals surface area (Å²) in [6.07, 6.45) is 1.20. The van der Waals surface area contributed by atoms with Gasteiger partial charge in [0, 0.05) is 37.5 Å². The van der Waals surface area contributed by atoms with E-state index in [1.807, 2.05) is 0 Å². The lowest BCUT2D eigenvalue weighted by Gasteiger charge is -2.24. The monoisotopic (exact) mass is 353 g/mol. The molecule has 4 atom stereocenters. The second-order valence-electron chi connectivity index (χ2n) is 7.91. The molecule has 26 heavy (non-hydrogen) atoms. The number of likely N-dealkylation sites (tertiary alicyclic amines) is 1. The summed E-state index contributed by atoms with van der Waals surface area (Å²) in [4.78, 5) is 15.2. The number of hydrogen-bond donors (Lipinski definition) is 1. The number of fused-ring (bicyclic) bond motifs is 3. The molecule has 5 heteroatoms. The molecule has 5 nitrogen and oxygen atoms in total. The Morgan fingerprint density at radius 2 is 2.12 bits per heavy atom. The Morgan fingerprint density at radius 3 is 2.81 bits per heavy atom. The number of rotatable bonds is 5. The molecule has 1 fully saturated rings. The lowest BCUT2D eigenvalue weighted by molar-refractivity contribution is 0.0914. The molecule has 2 aliphatic rings. The second kappa shape index (κ2) is 6.88. The maximum Gasteiger partial charge on any atom is 0.273 e. The van der Waals surface area contributed by atoms with Crippen molar-refractivity contribution >= 4 is 5.91 Å². The van der Waals surface area contributed by atoms with Gasteiger partial charge in [-0.3, -0.25) is 4.79 Å². The van der Waals surface area contributed by atoms with Gasteiger partial charge in [-0.1, -0.05) is 49.7 Å². The van der Waals surface area contributed by atoms with Crippen molar-refractivity contribution in [3.05, 3.63) is 52.9 Å². The Bertz CT molecular complexity index is 800. The first-order valence-electron chi connectivity index (χ1n) is 9.62. The average molecular weight is 353 g/mol. The van der Waals surface area contributed by atoms with Crippen LogP contribution in [0.25, 0.3) is 0 Å². The van der Waals surface area contributed by atoms with Gasteiger partial charge in [-0.2, -0.15) is 0 Å². The maximum absolute atomic E-state index is 12.7. The van der Waals surface area contributed by atoms with Crippen LogP contribution in [-0.2, 0) is 0 Å². The number of nitrogens with one attached hydrogen (secondary N) is 1. The molecule has 1 aliphatic carbocycles. The van der Waals surface area contributed by atoms with E-state index in [4.69, 9.17) is 4.52 Å². The van der Waals surface area contributed by atoms with Crippen molar-refractivity contribution in [1.29, 1.82) is 0 Å². The van der Waals surface area contributed by atoms with Gasteiger partial charge in [0.15, 0.2) is 5.69 Å². The predicted molar refractivity (Wildman–Crippen MR) is 100 cm³/mol. The topological polar surface area (TPSA) is 58.4 Å². The lowest BCUT2D eigenvalue weighted by Crippen LogP contribution is -2.34. The Labute approximate surface area is 154 Å². The SMILES string of the molecule is CC[C@@H](C)CN1C[C@@H]2[C@H](NC(=O)c3cc(C)on3)c3ccccc3[C@@H]2C1. The molecule has 1 amide bonds. The zero-order valence-electron chi connectivity index (χ0n) is 15.7. The van der Waals surface area contributed by atoms with E-state index in [1.165, 1.54) is 17.5 Å². The summed E-state index contributed by atoms with van der Waals surface area (Å²) in [7, 11) is 0. The number of nitrogens with zero attached hydrogens (tertiary/aromatic N) is 2. The van der Waals surface area contributed by atoms with E-state index in [1.54, 1.807) is 13.0 Å². The third-order valence-corrected chi connectivity index (χ3v) is 6.01. The molecule has 0 saturated carbocycles. The summed E-state index contributed by atoms with van der Waals surface area (Å²) in [6.45, 7) is 9.62. The third kappa shape index (κ3) is 3.05. The van der Waals surface area contributed by atoms with Crippen LogP contribution in [0, 0.1) is 18.8 Å². The minimum absolute atomic E-state index is 0.0441. The van der Waals surface area contributed by atoms with Crippen molar-refractivity contribution in [2.24, 2.45) is 11.8 Å². The number of carbonyl (C=O) groups is 1. The summed E-state index contributed by atoms with van der Waals surface area (Å²) in [5.41, 5.74) is 3.02. The molecule has 2 aromatic rings. The number of carbonyl (C=O) groups excluding carboxylic acids is 1. The zero-order chi connectivity index (χ0) is 18.3. The van der Waals surface area contributed by atoms with Crippen LogP contribution in [0.5, 0.6) is 0 Å². The van der Waals surface area contributed by atoms with Gasteiger partial charge in [-0.25, -0.2) is 0 Å². The minimum Gasteiger partial charge on any atom is -0.361 e. The first-order valence-corrected chi connectivity index (χ1v) is 9.62. The highest BCUT2D eigenvalue weighted by Gasteiger charge is 2.46. The predicted octanol–water partition coefficient (Wildman–Crippen LogP) is 3.53. The normalized spacial score (nSPS) is 25.7. The number of benzene rings is 1. The van der Waals surface area contributed by atoms with Gasteiger partial charge in [0.05, 0.1) is 6.04 Å². The van der Waals surface area contributed by atoms with Crippen molar-refractivity contribution in [3.63, 3.8) is 0 Å². The summed E-state index contributed by atoms with van der Waals surface area (Å²) >= 11 is 0. The molecular weight excluding hydrogens is 326 g/mol. The van der Waals surface area contributed by atoms with Crippen LogP contribution >= 0.6 is 0 Å². The van der Waals surface area contributed by atoms with E-state index in [2.05, 4.69) is 53.5 Å². The van der Waals surface area contributed by atoms with E-state index in [0.29, 0.717) is 29.2 Å². The van der Waals surface area contributed by atoms with Crippen molar-refractivity contribution in [2.45, 2.75) is 39.2 Å². The van der Waals surface area contributed by atoms with Crippen LogP contribution in [0.4, 0.5) is 0 Å². The molecule has 1 aromatic carbocycles. The Morgan fingerprint density at radius 1 is 1.35 bits per heavy atom. The van der Waals surface area contributed by atoms with E-state index < -0.39 is 0 Å². The molecule has 1 saturated heterocycles. The molecule has 1 aromatic heterocycles. The summed E-state index contributed by atoms with van der Waals surface area (Å²) in [5.74, 6) is 2.13. The fourth-order valence-corrected chi connectivity index (χ4v) is 4.53. The van der Waals surface area contributed by atoms with Gasteiger partial charge < -0.3 is 14.7 Å². The first-order chi connectivity index (χ1) is 12.6. The molecule has 0 unspecified atom stereocenters. The van der Waals surface area contributed by atoms with E-state index >= 15 is 0 Å². The van der Waals surface area contributed by atoms with Crippen LogP contribution in [0.3, 0.4) is 0 Å². The largest absolute Gasteiger partial charge is 0.361 e. The summed E-state index contributed by atoms with van der Waals surface area (Å²) < 4.78 is 5.06. The summed E-state index contributed by atoms with van der Waals surface area (Å²) in [5, 5.41) is 7.10. The van der Waals surface area contributed by atoms with Crippen LogP contribution in [0.15, 0.2) is 34.9 Å². The van der Waals surface area contributed by atoms with Crippen molar-refractivity contribution in [3.8, 4) is 0 Å². The van der Waals surface area contributed by atoms with E-state index in [0.717, 1.165) is 19.6 Å². The minimum atomic E-state index is -0.150. The Kier molecular flexibility index (Phi) is 4.57. The fraction of sp³-hybridized carbons (Fsp3) is 0.524. The van der Waals surface area contributed by atoms with Gasteiger partial charge in [-0.05, 0) is 24.0 Å². The molecule has 2 heterocycles. The van der Waals surface area contributed by atoms with Gasteiger partial charge in [0.1, 0.15) is 5.76 Å². The van der Waals surface area contributed by atoms with Crippen LogP contribution in [-0.4, -0.2) is 35.6 Å². The van der Waals surface area contributed by atoms with Crippen LogP contribution < -0.4 is 5.32 Å². The summed E-state index contributed by atoms with van der Waals surface area (Å²) in [6, 6.07) is 10.3. The van der Waals surface area contributed by atoms with Crippen molar-refractivity contribution in [1.82, 2.24) is 15.4 Å². The van der Waals surface area contributed by atoms with Gasteiger partial charge in [0.2, 0.25) is 0 Å². The molecule has 4 rings (SSSR count). The fourth-order valence-electron chi connectivity index (χ4n) is 4.53. The van der Waals surface area contributed by atoms with Gasteiger partial charge >= 0.3 is 0 Å². The van der Waals surface area contributed by atoms with Crippen LogP contribution in [0.1, 0.15) is 59.6 Å². The Hall–Kier alpha value is -2.14. The highest BCUT2D eigenvalue weighted by Crippen LogP contribution is 2.49. The molecule has 1 N–H and O–H groups in total. The Balaban J connectivity index is 1.56. The number of hydrogen-bond acceptors (Lipinski definition) is 4. The van der Waals surface area contributed by atoms with Crippen molar-refractivity contribution < 1.29 is 9.32 Å². The first kappa shape index (κ1) is 17.3. The molecule has 0 radical (unpaired) electrons. The van der Waals surface area contributed by atoms with E-state index in [9.17, 15) is 4.79 Å². The van der Waals surface area contributed by atoms with Gasteiger partial charge in [0.25, 0.3) is 5.91 Å². The quantitative estimate of drug-likeness (QED) is 0.893. The molecule has 0 spiro atoms. The standard InChI is InChI=1S/C21H27N3O2/c1-4-13(2)10-24-11-17-15-7-5-6-8-16(15)20(18(17)12-24)22-21(25)19-9-14(3)26-23-19/h5-9,13,17-18,20H,4,10-12H2,1-3H3,(H,22,25)/t13-,17+,18+,20-/m1/s1. The zero-order valence-corrected chi connectivity index (χ0v) is 15.7. The maximum atomic E-state index is 12.7. The van der Waals surface area contributed by atoms with Crippen molar-refractivity contribution in [2.75, 3.05) is 19.6 Å². The molecule has 138 valence electrons. The highest BCUT2D eigenvalue weighted by atomic mass is 16.5. The number of amides is 1. The highest BCUT2D eigenvalue weighted by molar-refractivity contribution is 5.92. The molecular formula is C21H27N3O2. The van der Waals surface area contributed by atoms with Gasteiger partial charge in [-0.15, -0.1) is 0 Å². The smallest absolute Gasteiger partial charge is 0.273 e. The lowest BCUT2D eigenvalue weighted by atomic mass is 9.94. The molecule has 1 aliphatic heterocycles. The average Bonchev–Trinajstić information content (AvgIpc) is 3.31.